The summed E-state index contributed by atoms with van der Waals surface area (Å²) in [5.41, 5.74) is 4.51. The maximum absolute atomic E-state index is 11.6. The summed E-state index contributed by atoms with van der Waals surface area (Å²) in [7, 11) is 2.16. The number of hydrogen-bond donors (Lipinski definition) is 2. The van der Waals surface area contributed by atoms with Crippen LogP contribution in [0, 0.1) is 0 Å². The summed E-state index contributed by atoms with van der Waals surface area (Å²) in [5, 5.41) is 6.06. The number of likely N-dealkylation sites (N-methyl/N-ethyl adjacent to an activating group) is 1. The maximum Gasteiger partial charge on any atom is 0.247 e. The zero-order valence-electron chi connectivity index (χ0n) is 19.7. The van der Waals surface area contributed by atoms with Gasteiger partial charge in [-0.1, -0.05) is 18.7 Å². The number of nitrogens with one attached hydrogen (secondary N) is 2. The third-order valence-corrected chi connectivity index (χ3v) is 6.09. The molecule has 1 amide bonds. The number of carbonyl (C=O) groups is 1. The lowest BCUT2D eigenvalue weighted by atomic mass is 10.2. The Kier molecular flexibility index (Phi) is 6.45. The Morgan fingerprint density at radius 3 is 2.63 bits per heavy atom. The first-order valence-electron chi connectivity index (χ1n) is 11.7. The monoisotopic (exact) mass is 468 g/mol. The van der Waals surface area contributed by atoms with Gasteiger partial charge >= 0.3 is 0 Å². The van der Waals surface area contributed by atoms with Crippen LogP contribution in [-0.4, -0.2) is 54.0 Å². The van der Waals surface area contributed by atoms with Crippen molar-refractivity contribution in [3.8, 4) is 11.6 Å². The van der Waals surface area contributed by atoms with E-state index in [2.05, 4.69) is 56.2 Å². The standard InChI is InChI=1S/C27H28N6O2/c1-3-25(34)28-20-6-4-7-22(18-20)35-26-23-8-5-9-24(23)30-27(31-26)29-19-10-12-21(13-11-19)33-16-14-32(2)15-17-33/h3-7,9-13,18H,1,8,14-17H2,2H3,(H,28,34)(H,29,30,31). The first-order chi connectivity index (χ1) is 17.1. The van der Waals surface area contributed by atoms with E-state index in [9.17, 15) is 4.79 Å². The van der Waals surface area contributed by atoms with E-state index in [-0.39, 0.29) is 5.91 Å². The summed E-state index contributed by atoms with van der Waals surface area (Å²) >= 11 is 0. The summed E-state index contributed by atoms with van der Waals surface area (Å²) in [6.07, 6.45) is 5.96. The molecule has 8 heteroatoms. The molecular formula is C27H28N6O2. The van der Waals surface area contributed by atoms with Crippen molar-refractivity contribution in [1.82, 2.24) is 14.9 Å². The van der Waals surface area contributed by atoms with Gasteiger partial charge in [-0.25, -0.2) is 4.98 Å². The predicted molar refractivity (Wildman–Crippen MR) is 140 cm³/mol. The van der Waals surface area contributed by atoms with E-state index < -0.39 is 0 Å². The highest BCUT2D eigenvalue weighted by Gasteiger charge is 2.18. The molecular weight excluding hydrogens is 440 g/mol. The maximum atomic E-state index is 11.6. The molecule has 0 atom stereocenters. The highest BCUT2D eigenvalue weighted by Crippen LogP contribution is 2.32. The molecule has 0 saturated carbocycles. The number of benzene rings is 2. The summed E-state index contributed by atoms with van der Waals surface area (Å²) in [5.74, 6) is 1.25. The van der Waals surface area contributed by atoms with Gasteiger partial charge in [0.15, 0.2) is 0 Å². The van der Waals surface area contributed by atoms with Crippen molar-refractivity contribution in [3.05, 3.63) is 78.5 Å². The van der Waals surface area contributed by atoms with Gasteiger partial charge in [0.05, 0.1) is 5.69 Å². The Bertz CT molecular complexity index is 1260. The van der Waals surface area contributed by atoms with Crippen LogP contribution in [0.3, 0.4) is 0 Å². The molecule has 5 rings (SSSR count). The molecule has 1 aliphatic heterocycles. The fourth-order valence-corrected chi connectivity index (χ4v) is 4.13. The number of ether oxygens (including phenoxy) is 1. The molecule has 1 aromatic heterocycles. The molecule has 1 saturated heterocycles. The Morgan fingerprint density at radius 2 is 1.86 bits per heavy atom. The van der Waals surface area contributed by atoms with Gasteiger partial charge in [0.25, 0.3) is 0 Å². The number of piperazine rings is 1. The first-order valence-corrected chi connectivity index (χ1v) is 11.7. The van der Waals surface area contributed by atoms with Crippen molar-refractivity contribution >= 4 is 35.0 Å². The molecule has 2 N–H and O–H groups in total. The third-order valence-electron chi connectivity index (χ3n) is 6.09. The van der Waals surface area contributed by atoms with E-state index >= 15 is 0 Å². The zero-order chi connectivity index (χ0) is 24.2. The van der Waals surface area contributed by atoms with Crippen LogP contribution >= 0.6 is 0 Å². The second-order valence-electron chi connectivity index (χ2n) is 8.61. The summed E-state index contributed by atoms with van der Waals surface area (Å²) < 4.78 is 6.14. The largest absolute Gasteiger partial charge is 0.438 e. The van der Waals surface area contributed by atoms with E-state index in [4.69, 9.17) is 4.74 Å². The highest BCUT2D eigenvalue weighted by molar-refractivity contribution is 5.98. The second kappa shape index (κ2) is 9.99. The first kappa shape index (κ1) is 22.6. The lowest BCUT2D eigenvalue weighted by molar-refractivity contribution is -0.111. The zero-order valence-corrected chi connectivity index (χ0v) is 19.7. The van der Waals surface area contributed by atoms with Crippen LogP contribution in [0.5, 0.6) is 11.6 Å². The Labute approximate surface area is 205 Å². The summed E-state index contributed by atoms with van der Waals surface area (Å²) in [4.78, 5) is 25.7. The summed E-state index contributed by atoms with van der Waals surface area (Å²) in [6, 6.07) is 15.5. The predicted octanol–water partition coefficient (Wildman–Crippen LogP) is 4.46. The Hall–Kier alpha value is -4.17. The van der Waals surface area contributed by atoms with Crippen LogP contribution in [0.15, 0.2) is 67.3 Å². The molecule has 2 heterocycles. The van der Waals surface area contributed by atoms with Gasteiger partial charge in [0.1, 0.15) is 5.75 Å². The SMILES string of the molecule is C=CC(=O)Nc1cccc(Oc2nc(Nc3ccc(N4CCN(C)CC4)cc3)nc3c2CC=C3)c1. The van der Waals surface area contributed by atoms with Crippen LogP contribution in [0.4, 0.5) is 23.0 Å². The highest BCUT2D eigenvalue weighted by atomic mass is 16.5. The Balaban J connectivity index is 1.33. The van der Waals surface area contributed by atoms with Crippen LogP contribution in [0.2, 0.25) is 0 Å². The molecule has 0 spiro atoms. The molecule has 8 nitrogen and oxygen atoms in total. The van der Waals surface area contributed by atoms with Crippen molar-refractivity contribution in [2.45, 2.75) is 6.42 Å². The number of amides is 1. The lowest BCUT2D eigenvalue weighted by Crippen LogP contribution is -2.44. The van der Waals surface area contributed by atoms with Gasteiger partial charge in [0, 0.05) is 54.9 Å². The molecule has 1 aliphatic carbocycles. The number of carbonyl (C=O) groups excluding carboxylic acids is 1. The quantitative estimate of drug-likeness (QED) is 0.496. The van der Waals surface area contributed by atoms with Crippen molar-refractivity contribution in [2.24, 2.45) is 0 Å². The number of nitrogens with zero attached hydrogens (tertiary/aromatic N) is 4. The van der Waals surface area contributed by atoms with Crippen molar-refractivity contribution < 1.29 is 9.53 Å². The molecule has 2 aromatic carbocycles. The van der Waals surface area contributed by atoms with E-state index in [1.165, 1.54) is 11.8 Å². The number of anilines is 4. The fraction of sp³-hybridized carbons (Fsp3) is 0.222. The normalized spacial score (nSPS) is 14.9. The molecule has 2 aliphatic rings. The van der Waals surface area contributed by atoms with Crippen molar-refractivity contribution in [2.75, 3.05) is 48.8 Å². The van der Waals surface area contributed by atoms with Gasteiger partial charge in [-0.2, -0.15) is 4.98 Å². The average molecular weight is 469 g/mol. The lowest BCUT2D eigenvalue weighted by Gasteiger charge is -2.34. The minimum absolute atomic E-state index is 0.278. The van der Waals surface area contributed by atoms with Crippen LogP contribution < -0.4 is 20.3 Å². The molecule has 178 valence electrons. The number of rotatable bonds is 7. The van der Waals surface area contributed by atoms with Crippen LogP contribution in [0.25, 0.3) is 6.08 Å². The second-order valence-corrected chi connectivity index (χ2v) is 8.61. The fourth-order valence-electron chi connectivity index (χ4n) is 4.13. The number of aromatic nitrogens is 2. The van der Waals surface area contributed by atoms with Crippen LogP contribution in [-0.2, 0) is 11.2 Å². The molecule has 0 bridgehead atoms. The molecule has 35 heavy (non-hydrogen) atoms. The molecule has 0 unspecified atom stereocenters. The summed E-state index contributed by atoms with van der Waals surface area (Å²) in [6.45, 7) is 7.69. The molecule has 3 aromatic rings. The smallest absolute Gasteiger partial charge is 0.247 e. The third kappa shape index (κ3) is 5.33. The average Bonchev–Trinajstić information content (AvgIpc) is 3.34. The van der Waals surface area contributed by atoms with E-state index in [1.807, 2.05) is 36.4 Å². The number of hydrogen-bond acceptors (Lipinski definition) is 7. The van der Waals surface area contributed by atoms with Gasteiger partial charge in [-0.05, 0) is 62.0 Å². The van der Waals surface area contributed by atoms with E-state index in [1.54, 1.807) is 12.1 Å². The van der Waals surface area contributed by atoms with E-state index in [0.717, 1.165) is 43.1 Å². The topological polar surface area (TPSA) is 82.6 Å². The van der Waals surface area contributed by atoms with Gasteiger partial charge in [-0.15, -0.1) is 0 Å². The number of fused-ring (bicyclic) bond motifs is 1. The van der Waals surface area contributed by atoms with Crippen molar-refractivity contribution in [1.29, 1.82) is 0 Å². The van der Waals surface area contributed by atoms with E-state index in [0.29, 0.717) is 29.7 Å². The van der Waals surface area contributed by atoms with Gasteiger partial charge in [-0.3, -0.25) is 4.79 Å². The molecule has 0 radical (unpaired) electrons. The Morgan fingerprint density at radius 1 is 1.06 bits per heavy atom. The van der Waals surface area contributed by atoms with Gasteiger partial charge in [0.2, 0.25) is 17.7 Å². The minimum Gasteiger partial charge on any atom is -0.438 e. The number of allylic oxidation sites excluding steroid dienone is 1. The minimum atomic E-state index is -0.278. The van der Waals surface area contributed by atoms with Gasteiger partial charge < -0.3 is 25.2 Å². The van der Waals surface area contributed by atoms with Crippen molar-refractivity contribution in [3.63, 3.8) is 0 Å². The van der Waals surface area contributed by atoms with Crippen LogP contribution in [0.1, 0.15) is 11.3 Å². The molecule has 1 fully saturated rings.